The van der Waals surface area contributed by atoms with Crippen molar-refractivity contribution in [2.75, 3.05) is 12.3 Å². The molecule has 0 saturated carbocycles. The van der Waals surface area contributed by atoms with Crippen molar-refractivity contribution in [3.8, 4) is 0 Å². The van der Waals surface area contributed by atoms with Crippen LogP contribution >= 0.6 is 11.8 Å². The number of Topliss-reactive ketones (excluding diaryl/α,β-unsaturated/α-hetero) is 1. The third-order valence-electron chi connectivity index (χ3n) is 1.18. The maximum Gasteiger partial charge on any atom is 0.376 e. The molecule has 1 atom stereocenters. The van der Waals surface area contributed by atoms with E-state index in [9.17, 15) is 9.59 Å². The van der Waals surface area contributed by atoms with Crippen LogP contribution in [0.5, 0.6) is 0 Å². The molecule has 1 aliphatic heterocycles. The van der Waals surface area contributed by atoms with Crippen molar-refractivity contribution in [3.63, 3.8) is 0 Å². The van der Waals surface area contributed by atoms with Crippen molar-refractivity contribution in [2.24, 2.45) is 0 Å². The average Bonchev–Trinajstić information content (AvgIpc) is 2.39. The van der Waals surface area contributed by atoms with Gasteiger partial charge in [0, 0.05) is 19.2 Å². The molecule has 0 aromatic heterocycles. The van der Waals surface area contributed by atoms with Gasteiger partial charge in [0.1, 0.15) is 0 Å². The number of ketones is 1. The first-order chi connectivity index (χ1) is 5.20. The van der Waals surface area contributed by atoms with Gasteiger partial charge in [0.2, 0.25) is 11.3 Å². The normalized spacial score (nSPS) is 23.2. The van der Waals surface area contributed by atoms with Gasteiger partial charge in [0.05, 0.1) is 0 Å². The van der Waals surface area contributed by atoms with Crippen LogP contribution in [0, 0.1) is 0 Å². The zero-order valence-electron chi connectivity index (χ0n) is 6.12. The van der Waals surface area contributed by atoms with Crippen LogP contribution < -0.4 is 5.32 Å². The van der Waals surface area contributed by atoms with Crippen molar-refractivity contribution in [2.45, 2.75) is 12.5 Å². The molecule has 11 heavy (non-hydrogen) atoms. The van der Waals surface area contributed by atoms with Crippen molar-refractivity contribution in [3.05, 3.63) is 0 Å². The molecule has 0 spiro atoms. The zero-order valence-corrected chi connectivity index (χ0v) is 6.94. The van der Waals surface area contributed by atoms with E-state index in [1.165, 1.54) is 18.7 Å². The molecule has 0 aromatic rings. The SMILES string of the molecule is CC(=O)C(=O)OC1NCCS1. The quantitative estimate of drug-likeness (QED) is 0.463. The van der Waals surface area contributed by atoms with E-state index in [-0.39, 0.29) is 5.56 Å². The van der Waals surface area contributed by atoms with E-state index in [0.717, 1.165) is 12.3 Å². The summed E-state index contributed by atoms with van der Waals surface area (Å²) in [6.45, 7) is 2.02. The van der Waals surface area contributed by atoms with E-state index in [1.54, 1.807) is 0 Å². The Morgan fingerprint density at radius 2 is 2.36 bits per heavy atom. The van der Waals surface area contributed by atoms with Crippen molar-refractivity contribution >= 4 is 23.5 Å². The maximum atomic E-state index is 10.7. The largest absolute Gasteiger partial charge is 0.431 e. The standard InChI is InChI=1S/C6H9NO3S/c1-4(8)5(9)10-6-7-2-3-11-6/h6-7H,2-3H2,1H3. The topological polar surface area (TPSA) is 55.4 Å². The van der Waals surface area contributed by atoms with Gasteiger partial charge >= 0.3 is 5.97 Å². The second-order valence-corrected chi connectivity index (χ2v) is 3.29. The van der Waals surface area contributed by atoms with Gasteiger partial charge in [-0.15, -0.1) is 11.8 Å². The monoisotopic (exact) mass is 175 g/mol. The molecule has 0 aliphatic carbocycles. The Morgan fingerprint density at radius 3 is 2.82 bits per heavy atom. The van der Waals surface area contributed by atoms with Gasteiger partial charge in [0.15, 0.2) is 0 Å². The molecule has 1 aliphatic rings. The van der Waals surface area contributed by atoms with Gasteiger partial charge in [-0.05, 0) is 0 Å². The second kappa shape index (κ2) is 3.73. The molecule has 5 heteroatoms. The molecular weight excluding hydrogens is 166 g/mol. The Labute approximate surface area is 68.7 Å². The molecule has 1 rings (SSSR count). The predicted molar refractivity (Wildman–Crippen MR) is 41.0 cm³/mol. The van der Waals surface area contributed by atoms with Crippen LogP contribution in [-0.4, -0.2) is 29.6 Å². The summed E-state index contributed by atoms with van der Waals surface area (Å²) in [4.78, 5) is 21.1. The number of hydrogen-bond acceptors (Lipinski definition) is 5. The van der Waals surface area contributed by atoms with Crippen molar-refractivity contribution in [1.82, 2.24) is 5.32 Å². The highest BCUT2D eigenvalue weighted by molar-refractivity contribution is 8.00. The summed E-state index contributed by atoms with van der Waals surface area (Å²) in [7, 11) is 0. The third kappa shape index (κ3) is 2.51. The minimum absolute atomic E-state index is 0.327. The molecule has 0 radical (unpaired) electrons. The number of rotatable bonds is 2. The minimum Gasteiger partial charge on any atom is -0.431 e. The molecule has 0 amide bonds. The lowest BCUT2D eigenvalue weighted by Gasteiger charge is -2.08. The fraction of sp³-hybridized carbons (Fsp3) is 0.667. The number of carbonyl (C=O) groups excluding carboxylic acids is 2. The van der Waals surface area contributed by atoms with Gasteiger partial charge in [-0.3, -0.25) is 10.1 Å². The number of hydrogen-bond donors (Lipinski definition) is 1. The van der Waals surface area contributed by atoms with Gasteiger partial charge < -0.3 is 4.74 Å². The highest BCUT2D eigenvalue weighted by atomic mass is 32.2. The fourth-order valence-corrected chi connectivity index (χ4v) is 1.50. The van der Waals surface area contributed by atoms with E-state index in [2.05, 4.69) is 5.32 Å². The summed E-state index contributed by atoms with van der Waals surface area (Å²) in [5.41, 5.74) is -0.327. The van der Waals surface area contributed by atoms with Gasteiger partial charge in [-0.1, -0.05) is 0 Å². The molecule has 1 N–H and O–H groups in total. The molecule has 1 saturated heterocycles. The molecule has 62 valence electrons. The number of thioether (sulfide) groups is 1. The van der Waals surface area contributed by atoms with Gasteiger partial charge in [0.25, 0.3) is 0 Å². The second-order valence-electron chi connectivity index (χ2n) is 2.12. The Kier molecular flexibility index (Phi) is 2.90. The minimum atomic E-state index is -0.767. The molecule has 4 nitrogen and oxygen atoms in total. The first-order valence-electron chi connectivity index (χ1n) is 3.26. The summed E-state index contributed by atoms with van der Waals surface area (Å²) in [6, 6.07) is 0. The lowest BCUT2D eigenvalue weighted by Crippen LogP contribution is -2.28. The van der Waals surface area contributed by atoms with Crippen molar-refractivity contribution in [1.29, 1.82) is 0 Å². The van der Waals surface area contributed by atoms with E-state index in [0.29, 0.717) is 0 Å². The first kappa shape index (κ1) is 8.55. The Morgan fingerprint density at radius 1 is 1.64 bits per heavy atom. The van der Waals surface area contributed by atoms with E-state index in [4.69, 9.17) is 4.74 Å². The molecule has 1 heterocycles. The number of carbonyl (C=O) groups is 2. The number of ether oxygens (including phenoxy) is 1. The fourth-order valence-electron chi connectivity index (χ4n) is 0.658. The van der Waals surface area contributed by atoms with Gasteiger partial charge in [-0.25, -0.2) is 4.79 Å². The average molecular weight is 175 g/mol. The van der Waals surface area contributed by atoms with E-state index in [1.807, 2.05) is 0 Å². The third-order valence-corrected chi connectivity index (χ3v) is 2.19. The summed E-state index contributed by atoms with van der Waals surface area (Å²) in [5, 5.41) is 2.91. The zero-order chi connectivity index (χ0) is 8.27. The van der Waals surface area contributed by atoms with E-state index < -0.39 is 11.8 Å². The van der Waals surface area contributed by atoms with Crippen LogP contribution in [0.25, 0.3) is 0 Å². The van der Waals surface area contributed by atoms with Crippen LogP contribution in [0.15, 0.2) is 0 Å². The molecule has 1 fully saturated rings. The van der Waals surface area contributed by atoms with E-state index >= 15 is 0 Å². The Bertz CT molecular complexity index is 177. The lowest BCUT2D eigenvalue weighted by molar-refractivity contribution is -0.154. The van der Waals surface area contributed by atoms with Crippen LogP contribution in [-0.2, 0) is 14.3 Å². The molecule has 1 unspecified atom stereocenters. The van der Waals surface area contributed by atoms with Crippen LogP contribution in [0.1, 0.15) is 6.92 Å². The molecule has 0 bridgehead atoms. The highest BCUT2D eigenvalue weighted by Gasteiger charge is 2.20. The predicted octanol–water partition coefficient (Wildman–Crippen LogP) is -0.261. The van der Waals surface area contributed by atoms with Crippen molar-refractivity contribution < 1.29 is 14.3 Å². The Balaban J connectivity index is 2.29. The lowest BCUT2D eigenvalue weighted by atomic mass is 10.5. The summed E-state index contributed by atoms with van der Waals surface area (Å²) in [6.07, 6.45) is 0. The molecule has 0 aromatic carbocycles. The molecular formula is C6H9NO3S. The van der Waals surface area contributed by atoms with Crippen LogP contribution in [0.4, 0.5) is 0 Å². The maximum absolute atomic E-state index is 10.7. The van der Waals surface area contributed by atoms with Crippen LogP contribution in [0.3, 0.4) is 0 Å². The summed E-state index contributed by atoms with van der Waals surface area (Å²) >= 11 is 1.48. The number of esters is 1. The smallest absolute Gasteiger partial charge is 0.376 e. The van der Waals surface area contributed by atoms with Gasteiger partial charge in [-0.2, -0.15) is 0 Å². The summed E-state index contributed by atoms with van der Waals surface area (Å²) < 4.78 is 4.74. The highest BCUT2D eigenvalue weighted by Crippen LogP contribution is 2.14. The Hall–Kier alpha value is -0.550. The van der Waals surface area contributed by atoms with Crippen LogP contribution in [0.2, 0.25) is 0 Å². The number of nitrogens with one attached hydrogen (secondary N) is 1. The summed E-state index contributed by atoms with van der Waals surface area (Å²) in [5.74, 6) is -0.410. The first-order valence-corrected chi connectivity index (χ1v) is 4.31.